The van der Waals surface area contributed by atoms with Gasteiger partial charge in [0.15, 0.2) is 0 Å². The number of pyridine rings is 1. The third-order valence-corrected chi connectivity index (χ3v) is 1.90. The SMILES string of the molecule is Cc1c(OC(F)(F)F)ncc(C(F)F)c1[N+](=O)[O-]. The van der Waals surface area contributed by atoms with Crippen molar-refractivity contribution in [3.63, 3.8) is 0 Å². The fourth-order valence-electron chi connectivity index (χ4n) is 1.22. The molecule has 0 aromatic carbocycles. The molecule has 0 saturated heterocycles. The third kappa shape index (κ3) is 3.02. The van der Waals surface area contributed by atoms with Gasteiger partial charge in [0.1, 0.15) is 5.56 Å². The first-order chi connectivity index (χ1) is 8.13. The highest BCUT2D eigenvalue weighted by atomic mass is 19.4. The number of alkyl halides is 5. The van der Waals surface area contributed by atoms with Crippen molar-refractivity contribution in [3.8, 4) is 5.88 Å². The summed E-state index contributed by atoms with van der Waals surface area (Å²) in [4.78, 5) is 12.4. The second-order valence-corrected chi connectivity index (χ2v) is 3.10. The summed E-state index contributed by atoms with van der Waals surface area (Å²) in [6, 6.07) is 0. The quantitative estimate of drug-likeness (QED) is 0.481. The molecule has 0 fully saturated rings. The summed E-state index contributed by atoms with van der Waals surface area (Å²) in [5.74, 6) is -1.13. The molecule has 0 radical (unpaired) electrons. The lowest BCUT2D eigenvalue weighted by atomic mass is 10.1. The van der Waals surface area contributed by atoms with E-state index < -0.39 is 40.4 Å². The van der Waals surface area contributed by atoms with E-state index in [4.69, 9.17) is 0 Å². The lowest BCUT2D eigenvalue weighted by Crippen LogP contribution is -2.19. The number of nitro groups is 1. The average Bonchev–Trinajstić information content (AvgIpc) is 2.17. The van der Waals surface area contributed by atoms with Gasteiger partial charge < -0.3 is 4.74 Å². The highest BCUT2D eigenvalue weighted by molar-refractivity contribution is 5.51. The zero-order valence-electron chi connectivity index (χ0n) is 8.66. The van der Waals surface area contributed by atoms with Crippen molar-refractivity contribution in [2.24, 2.45) is 0 Å². The Morgan fingerprint density at radius 1 is 1.44 bits per heavy atom. The number of hydrogen-bond donors (Lipinski definition) is 0. The maximum absolute atomic E-state index is 12.4. The Morgan fingerprint density at radius 3 is 2.39 bits per heavy atom. The monoisotopic (exact) mass is 272 g/mol. The van der Waals surface area contributed by atoms with Gasteiger partial charge in [0.25, 0.3) is 12.1 Å². The molecule has 1 rings (SSSR count). The number of halogens is 5. The zero-order valence-corrected chi connectivity index (χ0v) is 8.66. The van der Waals surface area contributed by atoms with Gasteiger partial charge in [0, 0.05) is 6.20 Å². The van der Waals surface area contributed by atoms with Crippen LogP contribution in [0.5, 0.6) is 5.88 Å². The van der Waals surface area contributed by atoms with Gasteiger partial charge in [-0.15, -0.1) is 13.2 Å². The van der Waals surface area contributed by atoms with Crippen LogP contribution < -0.4 is 4.74 Å². The molecule has 0 aliphatic rings. The van der Waals surface area contributed by atoms with Crippen molar-refractivity contribution in [1.82, 2.24) is 4.98 Å². The normalized spacial score (nSPS) is 11.7. The summed E-state index contributed by atoms with van der Waals surface area (Å²) in [6.07, 6.45) is -8.05. The first kappa shape index (κ1) is 14.1. The molecule has 0 saturated carbocycles. The Morgan fingerprint density at radius 2 is 2.00 bits per heavy atom. The van der Waals surface area contributed by atoms with Crippen LogP contribution in [0.25, 0.3) is 0 Å². The molecule has 0 spiro atoms. The molecule has 0 amide bonds. The largest absolute Gasteiger partial charge is 0.574 e. The van der Waals surface area contributed by atoms with E-state index in [0.717, 1.165) is 6.92 Å². The molecular weight excluding hydrogens is 267 g/mol. The molecule has 0 aliphatic carbocycles. The summed E-state index contributed by atoms with van der Waals surface area (Å²) in [6.45, 7) is 0.845. The topological polar surface area (TPSA) is 65.3 Å². The van der Waals surface area contributed by atoms with Crippen LogP contribution in [0.4, 0.5) is 27.6 Å². The Labute approximate surface area is 96.3 Å². The maximum atomic E-state index is 12.4. The predicted molar refractivity (Wildman–Crippen MR) is 47.3 cm³/mol. The molecule has 10 heteroatoms. The number of aromatic nitrogens is 1. The van der Waals surface area contributed by atoms with E-state index in [-0.39, 0.29) is 6.20 Å². The molecule has 0 bridgehead atoms. The fraction of sp³-hybridized carbons (Fsp3) is 0.375. The van der Waals surface area contributed by atoms with Crippen LogP contribution in [0.3, 0.4) is 0 Å². The van der Waals surface area contributed by atoms with Crippen LogP contribution in [-0.2, 0) is 0 Å². The van der Waals surface area contributed by atoms with Crippen LogP contribution >= 0.6 is 0 Å². The minimum atomic E-state index is -5.11. The van der Waals surface area contributed by atoms with Gasteiger partial charge in [-0.1, -0.05) is 0 Å². The summed E-state index contributed by atoms with van der Waals surface area (Å²) in [7, 11) is 0. The second kappa shape index (κ2) is 4.70. The lowest BCUT2D eigenvalue weighted by molar-refractivity contribution is -0.387. The Bertz CT molecular complexity index is 475. The first-order valence-electron chi connectivity index (χ1n) is 4.31. The van der Waals surface area contributed by atoms with E-state index in [2.05, 4.69) is 9.72 Å². The van der Waals surface area contributed by atoms with E-state index in [1.54, 1.807) is 0 Å². The molecule has 18 heavy (non-hydrogen) atoms. The van der Waals surface area contributed by atoms with Crippen LogP contribution in [-0.4, -0.2) is 16.3 Å². The summed E-state index contributed by atoms with van der Waals surface area (Å²) in [5, 5.41) is 10.6. The van der Waals surface area contributed by atoms with E-state index in [1.807, 2.05) is 0 Å². The zero-order chi connectivity index (χ0) is 14.1. The molecule has 1 heterocycles. The van der Waals surface area contributed by atoms with Crippen LogP contribution in [0.15, 0.2) is 6.20 Å². The van der Waals surface area contributed by atoms with Crippen molar-refractivity contribution in [1.29, 1.82) is 0 Å². The predicted octanol–water partition coefficient (Wildman–Crippen LogP) is 3.13. The van der Waals surface area contributed by atoms with Gasteiger partial charge in [-0.2, -0.15) is 0 Å². The molecule has 0 N–H and O–H groups in total. The van der Waals surface area contributed by atoms with Crippen molar-refractivity contribution in [3.05, 3.63) is 27.4 Å². The molecular formula is C8H5F5N2O3. The second-order valence-electron chi connectivity index (χ2n) is 3.10. The fourth-order valence-corrected chi connectivity index (χ4v) is 1.22. The molecule has 1 aromatic heterocycles. The summed E-state index contributed by atoms with van der Waals surface area (Å²) >= 11 is 0. The molecule has 0 atom stereocenters. The summed E-state index contributed by atoms with van der Waals surface area (Å²) < 4.78 is 64.1. The third-order valence-electron chi connectivity index (χ3n) is 1.90. The van der Waals surface area contributed by atoms with Crippen molar-refractivity contribution < 1.29 is 31.6 Å². The van der Waals surface area contributed by atoms with Crippen LogP contribution in [0.1, 0.15) is 17.6 Å². The number of hydrogen-bond acceptors (Lipinski definition) is 4. The maximum Gasteiger partial charge on any atom is 0.574 e. The van der Waals surface area contributed by atoms with Gasteiger partial charge >= 0.3 is 6.36 Å². The van der Waals surface area contributed by atoms with Crippen molar-refractivity contribution in [2.45, 2.75) is 19.7 Å². The first-order valence-corrected chi connectivity index (χ1v) is 4.31. The number of ether oxygens (including phenoxy) is 1. The number of nitrogens with zero attached hydrogens (tertiary/aromatic N) is 2. The van der Waals surface area contributed by atoms with Gasteiger partial charge in [0.05, 0.1) is 10.5 Å². The average molecular weight is 272 g/mol. The highest BCUT2D eigenvalue weighted by Gasteiger charge is 2.35. The minimum Gasteiger partial charge on any atom is -0.387 e. The van der Waals surface area contributed by atoms with Gasteiger partial charge in [-0.05, 0) is 6.92 Å². The molecule has 1 aromatic rings. The Hall–Kier alpha value is -2.00. The molecule has 100 valence electrons. The van der Waals surface area contributed by atoms with Crippen LogP contribution in [0, 0.1) is 17.0 Å². The molecule has 5 nitrogen and oxygen atoms in total. The Kier molecular flexibility index (Phi) is 3.67. The number of rotatable bonds is 3. The van der Waals surface area contributed by atoms with E-state index in [1.165, 1.54) is 0 Å². The van der Waals surface area contributed by atoms with E-state index in [9.17, 15) is 32.1 Å². The smallest absolute Gasteiger partial charge is 0.387 e. The standard InChI is InChI=1S/C8H5F5N2O3/c1-3-5(15(16)17)4(6(9)10)2-14-7(3)18-8(11,12)13/h2,6H,1H3. The van der Waals surface area contributed by atoms with Crippen LogP contribution in [0.2, 0.25) is 0 Å². The summed E-state index contributed by atoms with van der Waals surface area (Å²) in [5.41, 5.74) is -2.92. The van der Waals surface area contributed by atoms with E-state index >= 15 is 0 Å². The highest BCUT2D eigenvalue weighted by Crippen LogP contribution is 2.36. The van der Waals surface area contributed by atoms with Gasteiger partial charge in [0.2, 0.25) is 5.88 Å². The molecule has 0 aliphatic heterocycles. The van der Waals surface area contributed by atoms with Gasteiger partial charge in [-0.25, -0.2) is 13.8 Å². The van der Waals surface area contributed by atoms with Crippen molar-refractivity contribution >= 4 is 5.69 Å². The van der Waals surface area contributed by atoms with Gasteiger partial charge in [-0.3, -0.25) is 10.1 Å². The lowest BCUT2D eigenvalue weighted by Gasteiger charge is -2.11. The Balaban J connectivity index is 3.35. The minimum absolute atomic E-state index is 0.289. The molecule has 0 unspecified atom stereocenters. The van der Waals surface area contributed by atoms with E-state index in [0.29, 0.717) is 0 Å². The van der Waals surface area contributed by atoms with Crippen molar-refractivity contribution in [2.75, 3.05) is 0 Å².